The molecular formula is C16H13ClFNO. The normalized spacial score (nSPS) is 12.8. The van der Waals surface area contributed by atoms with Crippen LogP contribution in [0.1, 0.15) is 22.9 Å². The molecule has 0 aliphatic heterocycles. The summed E-state index contributed by atoms with van der Waals surface area (Å²) in [5.41, 5.74) is 8.59. The first-order valence-corrected chi connectivity index (χ1v) is 6.63. The first-order chi connectivity index (χ1) is 9.56. The number of hydrogen-bond acceptors (Lipinski definition) is 2. The lowest BCUT2D eigenvalue weighted by Crippen LogP contribution is -2.11. The van der Waals surface area contributed by atoms with E-state index in [9.17, 15) is 4.39 Å². The van der Waals surface area contributed by atoms with Gasteiger partial charge in [0.1, 0.15) is 17.2 Å². The molecule has 1 unspecified atom stereocenters. The van der Waals surface area contributed by atoms with E-state index in [0.717, 1.165) is 11.1 Å². The number of halogens is 2. The van der Waals surface area contributed by atoms with Gasteiger partial charge in [-0.2, -0.15) is 0 Å². The first-order valence-electron chi connectivity index (χ1n) is 6.26. The number of nitrogens with two attached hydrogens (primary N) is 1. The van der Waals surface area contributed by atoms with E-state index in [1.807, 2.05) is 25.1 Å². The number of benzene rings is 2. The van der Waals surface area contributed by atoms with E-state index in [4.69, 9.17) is 21.8 Å². The van der Waals surface area contributed by atoms with Crippen molar-refractivity contribution in [2.75, 3.05) is 0 Å². The summed E-state index contributed by atoms with van der Waals surface area (Å²) in [5.74, 6) is 0.269. The standard InChI is InChI=1S/C16H13ClFNO/c1-9-3-2-4-12(15(9)17)16(19)14-8-10-7-11(18)5-6-13(10)20-14/h2-8,16H,19H2,1H3. The summed E-state index contributed by atoms with van der Waals surface area (Å²) in [7, 11) is 0. The van der Waals surface area contributed by atoms with Crippen LogP contribution < -0.4 is 5.73 Å². The Bertz CT molecular complexity index is 781. The molecule has 0 saturated heterocycles. The van der Waals surface area contributed by atoms with Gasteiger partial charge in [-0.3, -0.25) is 0 Å². The van der Waals surface area contributed by atoms with Gasteiger partial charge in [-0.05, 0) is 42.3 Å². The molecule has 3 rings (SSSR count). The summed E-state index contributed by atoms with van der Waals surface area (Å²) in [6.07, 6.45) is 0. The molecule has 4 heteroatoms. The van der Waals surface area contributed by atoms with Crippen LogP contribution in [0.5, 0.6) is 0 Å². The summed E-state index contributed by atoms with van der Waals surface area (Å²) in [4.78, 5) is 0. The Kier molecular flexibility index (Phi) is 3.24. The van der Waals surface area contributed by atoms with Gasteiger partial charge in [0.15, 0.2) is 0 Å². The Morgan fingerprint density at radius 2 is 2.00 bits per heavy atom. The summed E-state index contributed by atoms with van der Waals surface area (Å²) >= 11 is 6.28. The van der Waals surface area contributed by atoms with Gasteiger partial charge in [0.2, 0.25) is 0 Å². The van der Waals surface area contributed by atoms with Gasteiger partial charge < -0.3 is 10.2 Å². The Hall–Kier alpha value is -1.84. The smallest absolute Gasteiger partial charge is 0.134 e. The number of hydrogen-bond donors (Lipinski definition) is 1. The molecule has 0 amide bonds. The van der Waals surface area contributed by atoms with Gasteiger partial charge in [-0.15, -0.1) is 0 Å². The van der Waals surface area contributed by atoms with E-state index in [1.165, 1.54) is 12.1 Å². The number of furan rings is 1. The average Bonchev–Trinajstić information content (AvgIpc) is 2.84. The zero-order valence-corrected chi connectivity index (χ0v) is 11.6. The van der Waals surface area contributed by atoms with Crippen molar-refractivity contribution < 1.29 is 8.81 Å². The molecule has 0 aliphatic rings. The molecule has 20 heavy (non-hydrogen) atoms. The van der Waals surface area contributed by atoms with Gasteiger partial charge in [0, 0.05) is 10.4 Å². The molecule has 2 N–H and O–H groups in total. The van der Waals surface area contributed by atoms with Crippen LogP contribution in [0.4, 0.5) is 4.39 Å². The van der Waals surface area contributed by atoms with Gasteiger partial charge >= 0.3 is 0 Å². The zero-order chi connectivity index (χ0) is 14.3. The predicted octanol–water partition coefficient (Wildman–Crippen LogP) is 4.58. The molecule has 0 fully saturated rings. The molecule has 0 bridgehead atoms. The van der Waals surface area contributed by atoms with Crippen LogP contribution in [-0.2, 0) is 0 Å². The number of fused-ring (bicyclic) bond motifs is 1. The Morgan fingerprint density at radius 3 is 2.80 bits per heavy atom. The largest absolute Gasteiger partial charge is 0.459 e. The van der Waals surface area contributed by atoms with Crippen molar-refractivity contribution in [1.82, 2.24) is 0 Å². The molecule has 1 aromatic heterocycles. The number of rotatable bonds is 2. The molecule has 2 nitrogen and oxygen atoms in total. The third-order valence-electron chi connectivity index (χ3n) is 3.36. The lowest BCUT2D eigenvalue weighted by atomic mass is 10.0. The minimum Gasteiger partial charge on any atom is -0.459 e. The summed E-state index contributed by atoms with van der Waals surface area (Å²) < 4.78 is 18.9. The molecule has 0 spiro atoms. The highest BCUT2D eigenvalue weighted by atomic mass is 35.5. The minimum absolute atomic E-state index is 0.299. The molecule has 3 aromatic rings. The van der Waals surface area contributed by atoms with E-state index < -0.39 is 6.04 Å². The van der Waals surface area contributed by atoms with E-state index in [0.29, 0.717) is 21.8 Å². The highest BCUT2D eigenvalue weighted by Crippen LogP contribution is 2.32. The highest BCUT2D eigenvalue weighted by Gasteiger charge is 2.17. The lowest BCUT2D eigenvalue weighted by Gasteiger charge is -2.12. The van der Waals surface area contributed by atoms with Crippen LogP contribution in [0.15, 0.2) is 46.9 Å². The van der Waals surface area contributed by atoms with Gasteiger partial charge in [-0.25, -0.2) is 4.39 Å². The van der Waals surface area contributed by atoms with Crippen molar-refractivity contribution >= 4 is 22.6 Å². The fraction of sp³-hybridized carbons (Fsp3) is 0.125. The third-order valence-corrected chi connectivity index (χ3v) is 3.88. The first kappa shape index (κ1) is 13.2. The molecular weight excluding hydrogens is 277 g/mol. The van der Waals surface area contributed by atoms with Crippen LogP contribution in [0.2, 0.25) is 5.02 Å². The molecule has 102 valence electrons. The Labute approximate surface area is 121 Å². The summed E-state index contributed by atoms with van der Waals surface area (Å²) in [5, 5.41) is 1.32. The monoisotopic (exact) mass is 289 g/mol. The van der Waals surface area contributed by atoms with Crippen molar-refractivity contribution in [2.45, 2.75) is 13.0 Å². The minimum atomic E-state index is -0.474. The SMILES string of the molecule is Cc1cccc(C(N)c2cc3cc(F)ccc3o2)c1Cl. The second-order valence-corrected chi connectivity index (χ2v) is 5.16. The van der Waals surface area contributed by atoms with Crippen molar-refractivity contribution in [2.24, 2.45) is 5.73 Å². The second-order valence-electron chi connectivity index (χ2n) is 4.79. The van der Waals surface area contributed by atoms with E-state index in [-0.39, 0.29) is 5.82 Å². The lowest BCUT2D eigenvalue weighted by molar-refractivity contribution is 0.524. The second kappa shape index (κ2) is 4.93. The van der Waals surface area contributed by atoms with Crippen molar-refractivity contribution in [3.63, 3.8) is 0 Å². The maximum absolute atomic E-state index is 13.2. The quantitative estimate of drug-likeness (QED) is 0.750. The molecule has 1 heterocycles. The summed E-state index contributed by atoms with van der Waals surface area (Å²) in [6, 6.07) is 11.4. The molecule has 0 aliphatic carbocycles. The zero-order valence-electron chi connectivity index (χ0n) is 10.9. The van der Waals surface area contributed by atoms with Crippen LogP contribution in [0.25, 0.3) is 11.0 Å². The van der Waals surface area contributed by atoms with Crippen LogP contribution >= 0.6 is 11.6 Å². The fourth-order valence-corrected chi connectivity index (χ4v) is 2.50. The summed E-state index contributed by atoms with van der Waals surface area (Å²) in [6.45, 7) is 1.92. The van der Waals surface area contributed by atoms with Gasteiger partial charge in [0.05, 0.1) is 6.04 Å². The molecule has 1 atom stereocenters. The molecule has 0 saturated carbocycles. The van der Waals surface area contributed by atoms with Crippen LogP contribution in [0, 0.1) is 12.7 Å². The third kappa shape index (κ3) is 2.19. The molecule has 0 radical (unpaired) electrons. The van der Waals surface area contributed by atoms with E-state index in [1.54, 1.807) is 12.1 Å². The van der Waals surface area contributed by atoms with Crippen LogP contribution in [-0.4, -0.2) is 0 Å². The van der Waals surface area contributed by atoms with E-state index >= 15 is 0 Å². The van der Waals surface area contributed by atoms with Crippen molar-refractivity contribution in [3.8, 4) is 0 Å². The van der Waals surface area contributed by atoms with Crippen LogP contribution in [0.3, 0.4) is 0 Å². The number of aryl methyl sites for hydroxylation is 1. The Morgan fingerprint density at radius 1 is 1.20 bits per heavy atom. The maximum Gasteiger partial charge on any atom is 0.134 e. The maximum atomic E-state index is 13.2. The molecule has 2 aromatic carbocycles. The predicted molar refractivity (Wildman–Crippen MR) is 78.4 cm³/mol. The van der Waals surface area contributed by atoms with Crippen molar-refractivity contribution in [3.05, 3.63) is 70.2 Å². The van der Waals surface area contributed by atoms with E-state index in [2.05, 4.69) is 0 Å². The fourth-order valence-electron chi connectivity index (χ4n) is 2.25. The average molecular weight is 290 g/mol. The van der Waals surface area contributed by atoms with Gasteiger partial charge in [-0.1, -0.05) is 29.8 Å². The van der Waals surface area contributed by atoms with Gasteiger partial charge in [0.25, 0.3) is 0 Å². The highest BCUT2D eigenvalue weighted by molar-refractivity contribution is 6.32. The Balaban J connectivity index is 2.08. The van der Waals surface area contributed by atoms with Crippen molar-refractivity contribution in [1.29, 1.82) is 0 Å². The topological polar surface area (TPSA) is 39.2 Å².